The van der Waals surface area contributed by atoms with E-state index in [-0.39, 0.29) is 24.5 Å². The molecule has 170 valence electrons. The second-order valence-electron chi connectivity index (χ2n) is 8.70. The highest BCUT2D eigenvalue weighted by Gasteiger charge is 2.50. The Morgan fingerprint density at radius 3 is 2.39 bits per heavy atom. The molecule has 0 spiro atoms. The molecular weight excluding hydrogens is 398 g/mol. The number of amides is 4. The van der Waals surface area contributed by atoms with Crippen molar-refractivity contribution in [3.63, 3.8) is 0 Å². The molecule has 1 saturated heterocycles. The number of hydrogen-bond acceptors (Lipinski definition) is 5. The maximum absolute atomic E-state index is 13.3. The Hall–Kier alpha value is -2.77. The number of ether oxygens (including phenoxy) is 2. The van der Waals surface area contributed by atoms with Crippen LogP contribution in [0.1, 0.15) is 58.4 Å². The molecule has 1 aromatic rings. The van der Waals surface area contributed by atoms with Gasteiger partial charge in [-0.15, -0.1) is 0 Å². The molecule has 0 aromatic heterocycles. The molecule has 2 aliphatic rings. The Bertz CT molecular complexity index is 850. The number of carbonyl (C=O) groups is 3. The summed E-state index contributed by atoms with van der Waals surface area (Å²) in [5.41, 5.74) is -0.726. The first-order chi connectivity index (χ1) is 14.7. The van der Waals surface area contributed by atoms with Gasteiger partial charge in [0.1, 0.15) is 12.1 Å². The molecule has 1 N–H and O–H groups in total. The van der Waals surface area contributed by atoms with Gasteiger partial charge >= 0.3 is 6.03 Å². The zero-order chi connectivity index (χ0) is 22.8. The number of nitrogens with one attached hydrogen (secondary N) is 1. The zero-order valence-electron chi connectivity index (χ0n) is 19.1. The van der Waals surface area contributed by atoms with Crippen LogP contribution in [0.25, 0.3) is 0 Å². The number of urea groups is 1. The highest BCUT2D eigenvalue weighted by Crippen LogP contribution is 2.35. The number of hydrogen-bond donors (Lipinski definition) is 1. The molecule has 3 rings (SSSR count). The third-order valence-corrected chi connectivity index (χ3v) is 6.34. The highest BCUT2D eigenvalue weighted by molar-refractivity contribution is 6.09. The molecule has 1 aliphatic carbocycles. The Kier molecular flexibility index (Phi) is 6.77. The molecule has 4 amide bonds. The maximum Gasteiger partial charge on any atom is 0.325 e. The predicted molar refractivity (Wildman–Crippen MR) is 116 cm³/mol. The van der Waals surface area contributed by atoms with Gasteiger partial charge in [-0.2, -0.15) is 0 Å². The predicted octanol–water partition coefficient (Wildman–Crippen LogP) is 3.04. The smallest absolute Gasteiger partial charge is 0.325 e. The monoisotopic (exact) mass is 431 g/mol. The van der Waals surface area contributed by atoms with Gasteiger partial charge in [0, 0.05) is 12.1 Å². The van der Waals surface area contributed by atoms with E-state index in [0.29, 0.717) is 17.1 Å². The molecule has 1 atom stereocenters. The SMILES string of the molecule is COc1ccc(C2(C)NC(=O)N(CC(=O)N(C(C)C)C3CCCCC3)C2=O)cc1OC. The quantitative estimate of drug-likeness (QED) is 0.671. The van der Waals surface area contributed by atoms with E-state index in [1.54, 1.807) is 25.1 Å². The second-order valence-corrected chi connectivity index (χ2v) is 8.70. The third kappa shape index (κ3) is 4.34. The summed E-state index contributed by atoms with van der Waals surface area (Å²) in [6.45, 7) is 5.33. The lowest BCUT2D eigenvalue weighted by Crippen LogP contribution is -2.51. The summed E-state index contributed by atoms with van der Waals surface area (Å²) in [4.78, 5) is 42.1. The minimum absolute atomic E-state index is 0.00796. The first-order valence-electron chi connectivity index (χ1n) is 10.9. The third-order valence-electron chi connectivity index (χ3n) is 6.34. The van der Waals surface area contributed by atoms with E-state index >= 15 is 0 Å². The van der Waals surface area contributed by atoms with Crippen LogP contribution < -0.4 is 14.8 Å². The zero-order valence-corrected chi connectivity index (χ0v) is 19.1. The van der Waals surface area contributed by atoms with Crippen molar-refractivity contribution in [3.05, 3.63) is 23.8 Å². The fraction of sp³-hybridized carbons (Fsp3) is 0.609. The van der Waals surface area contributed by atoms with Crippen molar-refractivity contribution in [2.24, 2.45) is 0 Å². The summed E-state index contributed by atoms with van der Waals surface area (Å²) >= 11 is 0. The molecule has 1 aliphatic heterocycles. The summed E-state index contributed by atoms with van der Waals surface area (Å²) < 4.78 is 10.6. The molecule has 1 unspecified atom stereocenters. The molecule has 1 aromatic carbocycles. The van der Waals surface area contributed by atoms with E-state index in [9.17, 15) is 14.4 Å². The number of imide groups is 1. The van der Waals surface area contributed by atoms with E-state index < -0.39 is 17.5 Å². The van der Waals surface area contributed by atoms with Gasteiger partial charge in [-0.25, -0.2) is 4.79 Å². The summed E-state index contributed by atoms with van der Waals surface area (Å²) in [5, 5.41) is 2.76. The van der Waals surface area contributed by atoms with Crippen LogP contribution in [-0.2, 0) is 15.1 Å². The number of methoxy groups -OCH3 is 2. The van der Waals surface area contributed by atoms with Crippen LogP contribution >= 0.6 is 0 Å². The maximum atomic E-state index is 13.3. The fourth-order valence-corrected chi connectivity index (χ4v) is 4.67. The molecule has 0 bridgehead atoms. The number of rotatable bonds is 7. The Labute approximate surface area is 183 Å². The molecular formula is C23H33N3O5. The number of benzene rings is 1. The van der Waals surface area contributed by atoms with E-state index in [1.165, 1.54) is 20.6 Å². The molecule has 8 heteroatoms. The lowest BCUT2D eigenvalue weighted by atomic mass is 9.91. The molecule has 1 saturated carbocycles. The van der Waals surface area contributed by atoms with Crippen molar-refractivity contribution in [1.82, 2.24) is 15.1 Å². The molecule has 1 heterocycles. The second kappa shape index (κ2) is 9.16. The summed E-state index contributed by atoms with van der Waals surface area (Å²) in [6, 6.07) is 4.68. The van der Waals surface area contributed by atoms with Gasteiger partial charge in [0.2, 0.25) is 5.91 Å². The molecule has 0 radical (unpaired) electrons. The van der Waals surface area contributed by atoms with E-state index in [0.717, 1.165) is 30.6 Å². The highest BCUT2D eigenvalue weighted by atomic mass is 16.5. The van der Waals surface area contributed by atoms with Crippen molar-refractivity contribution in [3.8, 4) is 11.5 Å². The molecule has 31 heavy (non-hydrogen) atoms. The van der Waals surface area contributed by atoms with Crippen molar-refractivity contribution in [1.29, 1.82) is 0 Å². The Morgan fingerprint density at radius 1 is 1.16 bits per heavy atom. The van der Waals surface area contributed by atoms with Gasteiger partial charge in [0.05, 0.1) is 14.2 Å². The van der Waals surface area contributed by atoms with Gasteiger partial charge in [-0.05, 0) is 51.3 Å². The summed E-state index contributed by atoms with van der Waals surface area (Å²) in [7, 11) is 3.04. The van der Waals surface area contributed by atoms with Gasteiger partial charge in [0.15, 0.2) is 11.5 Å². The van der Waals surface area contributed by atoms with Crippen LogP contribution in [0.3, 0.4) is 0 Å². The van der Waals surface area contributed by atoms with Crippen LogP contribution in [0.4, 0.5) is 4.79 Å². The molecule has 2 fully saturated rings. The average Bonchev–Trinajstić information content (AvgIpc) is 2.97. The summed E-state index contributed by atoms with van der Waals surface area (Å²) in [5.74, 6) is 0.340. The fourth-order valence-electron chi connectivity index (χ4n) is 4.67. The lowest BCUT2D eigenvalue weighted by molar-refractivity contribution is -0.142. The lowest BCUT2D eigenvalue weighted by Gasteiger charge is -2.38. The Morgan fingerprint density at radius 2 is 1.81 bits per heavy atom. The van der Waals surface area contributed by atoms with Crippen molar-refractivity contribution in [2.75, 3.05) is 20.8 Å². The van der Waals surface area contributed by atoms with Gasteiger partial charge in [0.25, 0.3) is 5.91 Å². The number of carbonyl (C=O) groups excluding carboxylic acids is 3. The first kappa shape index (κ1) is 22.9. The minimum atomic E-state index is -1.29. The Balaban J connectivity index is 1.81. The van der Waals surface area contributed by atoms with Crippen molar-refractivity contribution < 1.29 is 23.9 Å². The van der Waals surface area contributed by atoms with Crippen LogP contribution in [0, 0.1) is 0 Å². The van der Waals surface area contributed by atoms with Gasteiger partial charge in [-0.3, -0.25) is 14.5 Å². The summed E-state index contributed by atoms with van der Waals surface area (Å²) in [6.07, 6.45) is 5.32. The van der Waals surface area contributed by atoms with Crippen LogP contribution in [0.5, 0.6) is 11.5 Å². The largest absolute Gasteiger partial charge is 0.493 e. The van der Waals surface area contributed by atoms with Crippen LogP contribution in [0.15, 0.2) is 18.2 Å². The normalized spacial score (nSPS) is 21.9. The number of nitrogens with zero attached hydrogens (tertiary/aromatic N) is 2. The standard InChI is InChI=1S/C23H33N3O5/c1-15(2)26(17-9-7-6-8-10-17)20(27)14-25-21(28)23(3,24-22(25)29)16-11-12-18(30-4)19(13-16)31-5/h11-13,15,17H,6-10,14H2,1-5H3,(H,24,29). The van der Waals surface area contributed by atoms with Crippen LogP contribution in [0.2, 0.25) is 0 Å². The van der Waals surface area contributed by atoms with E-state index in [2.05, 4.69) is 5.32 Å². The first-order valence-corrected chi connectivity index (χ1v) is 10.9. The minimum Gasteiger partial charge on any atom is -0.493 e. The topological polar surface area (TPSA) is 88.2 Å². The van der Waals surface area contributed by atoms with E-state index in [1.807, 2.05) is 18.7 Å². The van der Waals surface area contributed by atoms with E-state index in [4.69, 9.17) is 9.47 Å². The van der Waals surface area contributed by atoms with Crippen LogP contribution in [-0.4, -0.2) is 60.5 Å². The van der Waals surface area contributed by atoms with Crippen molar-refractivity contribution in [2.45, 2.75) is 70.5 Å². The average molecular weight is 432 g/mol. The van der Waals surface area contributed by atoms with Crippen molar-refractivity contribution >= 4 is 17.8 Å². The molecule has 8 nitrogen and oxygen atoms in total. The van der Waals surface area contributed by atoms with Gasteiger partial charge in [-0.1, -0.05) is 25.3 Å². The van der Waals surface area contributed by atoms with Gasteiger partial charge < -0.3 is 19.7 Å².